The Labute approximate surface area is 60.8 Å². The number of hydrogen-bond donors (Lipinski definition) is 1. The van der Waals surface area contributed by atoms with Crippen LogP contribution >= 0.6 is 0 Å². The lowest BCUT2D eigenvalue weighted by Crippen LogP contribution is -2.26. The maximum absolute atomic E-state index is 10.7. The molecule has 0 unspecified atom stereocenters. The molecular weight excluding hydrogens is 130 g/mol. The summed E-state index contributed by atoms with van der Waals surface area (Å²) in [5.41, 5.74) is -0.653. The standard InChI is InChI=1S/C7H12NO2/c1-7(2,5-9)4-6(10)8-3/h4H2,1-3H3,(H,8,10). The lowest BCUT2D eigenvalue weighted by atomic mass is 9.91. The van der Waals surface area contributed by atoms with Crippen LogP contribution in [-0.2, 0) is 9.59 Å². The topological polar surface area (TPSA) is 46.2 Å². The highest BCUT2D eigenvalue weighted by atomic mass is 16.1. The second-order valence-electron chi connectivity index (χ2n) is 2.84. The normalized spacial score (nSPS) is 10.7. The second-order valence-corrected chi connectivity index (χ2v) is 2.84. The van der Waals surface area contributed by atoms with E-state index in [9.17, 15) is 9.59 Å². The second kappa shape index (κ2) is 3.34. The fourth-order valence-corrected chi connectivity index (χ4v) is 0.526. The van der Waals surface area contributed by atoms with E-state index < -0.39 is 5.41 Å². The van der Waals surface area contributed by atoms with Crippen molar-refractivity contribution in [1.29, 1.82) is 0 Å². The van der Waals surface area contributed by atoms with Gasteiger partial charge in [0.2, 0.25) is 12.2 Å². The molecule has 0 aliphatic heterocycles. The molecular formula is C7H12NO2. The van der Waals surface area contributed by atoms with Gasteiger partial charge in [0, 0.05) is 18.9 Å². The first-order valence-corrected chi connectivity index (χ1v) is 3.12. The van der Waals surface area contributed by atoms with E-state index in [1.807, 2.05) is 0 Å². The van der Waals surface area contributed by atoms with E-state index in [0.717, 1.165) is 0 Å². The van der Waals surface area contributed by atoms with E-state index in [4.69, 9.17) is 0 Å². The van der Waals surface area contributed by atoms with Crippen molar-refractivity contribution in [3.05, 3.63) is 0 Å². The highest BCUT2D eigenvalue weighted by Gasteiger charge is 2.21. The lowest BCUT2D eigenvalue weighted by molar-refractivity contribution is -0.121. The number of carbonyl (C=O) groups excluding carboxylic acids is 2. The van der Waals surface area contributed by atoms with E-state index in [0.29, 0.717) is 0 Å². The molecule has 0 heterocycles. The zero-order valence-electron chi connectivity index (χ0n) is 6.52. The molecule has 0 bridgehead atoms. The molecule has 0 rings (SSSR count). The van der Waals surface area contributed by atoms with Gasteiger partial charge in [-0.05, 0) is 0 Å². The van der Waals surface area contributed by atoms with Crippen LogP contribution in [0.3, 0.4) is 0 Å². The third-order valence-corrected chi connectivity index (χ3v) is 1.16. The molecule has 0 aromatic heterocycles. The summed E-state index contributed by atoms with van der Waals surface area (Å²) < 4.78 is 0. The number of amides is 1. The summed E-state index contributed by atoms with van der Waals surface area (Å²) in [5.74, 6) is -0.131. The van der Waals surface area contributed by atoms with Crippen LogP contribution in [0.25, 0.3) is 0 Å². The van der Waals surface area contributed by atoms with Gasteiger partial charge in [-0.1, -0.05) is 13.8 Å². The molecule has 0 saturated heterocycles. The van der Waals surface area contributed by atoms with E-state index in [1.165, 1.54) is 0 Å². The summed E-state index contributed by atoms with van der Waals surface area (Å²) in [6.45, 7) is 3.35. The van der Waals surface area contributed by atoms with Crippen molar-refractivity contribution < 1.29 is 9.59 Å². The van der Waals surface area contributed by atoms with Crippen LogP contribution in [0.4, 0.5) is 0 Å². The van der Waals surface area contributed by atoms with Gasteiger partial charge < -0.3 is 5.32 Å². The van der Waals surface area contributed by atoms with Crippen molar-refractivity contribution in [1.82, 2.24) is 5.32 Å². The van der Waals surface area contributed by atoms with Crippen LogP contribution in [0, 0.1) is 5.41 Å². The average molecular weight is 142 g/mol. The Morgan fingerprint density at radius 1 is 1.60 bits per heavy atom. The molecule has 0 aromatic carbocycles. The van der Waals surface area contributed by atoms with E-state index in [-0.39, 0.29) is 12.3 Å². The maximum Gasteiger partial charge on any atom is 0.220 e. The van der Waals surface area contributed by atoms with Gasteiger partial charge in [0.25, 0.3) is 0 Å². The predicted octanol–water partition coefficient (Wildman–Crippen LogP) is 0.258. The smallest absolute Gasteiger partial charge is 0.220 e. The minimum absolute atomic E-state index is 0.131. The third kappa shape index (κ3) is 3.22. The maximum atomic E-state index is 10.7. The molecule has 10 heavy (non-hydrogen) atoms. The fourth-order valence-electron chi connectivity index (χ4n) is 0.526. The van der Waals surface area contributed by atoms with Gasteiger partial charge in [-0.25, -0.2) is 0 Å². The molecule has 0 fully saturated rings. The largest absolute Gasteiger partial charge is 0.359 e. The molecule has 3 nitrogen and oxygen atoms in total. The van der Waals surface area contributed by atoms with Crippen LogP contribution in [0.2, 0.25) is 0 Å². The van der Waals surface area contributed by atoms with Gasteiger partial charge in [-0.2, -0.15) is 0 Å². The van der Waals surface area contributed by atoms with Crippen LogP contribution in [-0.4, -0.2) is 19.2 Å². The van der Waals surface area contributed by atoms with Gasteiger partial charge in [0.05, 0.1) is 0 Å². The summed E-state index contributed by atoms with van der Waals surface area (Å²) in [6.07, 6.45) is 2.00. The van der Waals surface area contributed by atoms with Crippen molar-refractivity contribution in [3.8, 4) is 0 Å². The molecule has 3 heteroatoms. The lowest BCUT2D eigenvalue weighted by Gasteiger charge is -2.12. The van der Waals surface area contributed by atoms with Crippen molar-refractivity contribution in [2.75, 3.05) is 7.05 Å². The predicted molar refractivity (Wildman–Crippen MR) is 38.2 cm³/mol. The minimum atomic E-state index is -0.653. The Kier molecular flexibility index (Phi) is 3.06. The summed E-state index contributed by atoms with van der Waals surface area (Å²) in [4.78, 5) is 20.9. The number of carbonyl (C=O) groups is 1. The summed E-state index contributed by atoms with van der Waals surface area (Å²) in [5, 5.41) is 2.44. The van der Waals surface area contributed by atoms with Gasteiger partial charge in [0.1, 0.15) is 0 Å². The quantitative estimate of drug-likeness (QED) is 0.614. The van der Waals surface area contributed by atoms with Gasteiger partial charge in [0.15, 0.2) is 0 Å². The van der Waals surface area contributed by atoms with E-state index >= 15 is 0 Å². The molecule has 1 amide bonds. The van der Waals surface area contributed by atoms with E-state index in [2.05, 4.69) is 5.32 Å². The van der Waals surface area contributed by atoms with Crippen molar-refractivity contribution in [3.63, 3.8) is 0 Å². The Morgan fingerprint density at radius 3 is 2.40 bits per heavy atom. The third-order valence-electron chi connectivity index (χ3n) is 1.16. The fraction of sp³-hybridized carbons (Fsp3) is 0.714. The summed E-state index contributed by atoms with van der Waals surface area (Å²) in [6, 6.07) is 0. The zero-order chi connectivity index (χ0) is 8.20. The van der Waals surface area contributed by atoms with Crippen molar-refractivity contribution in [2.24, 2.45) is 5.41 Å². The minimum Gasteiger partial charge on any atom is -0.359 e. The summed E-state index contributed by atoms with van der Waals surface area (Å²) in [7, 11) is 1.54. The molecule has 1 N–H and O–H groups in total. The number of hydrogen-bond acceptors (Lipinski definition) is 2. The average Bonchev–Trinajstić information content (AvgIpc) is 1.87. The molecule has 1 radical (unpaired) electrons. The zero-order valence-corrected chi connectivity index (χ0v) is 6.52. The van der Waals surface area contributed by atoms with Gasteiger partial charge >= 0.3 is 0 Å². The van der Waals surface area contributed by atoms with Crippen molar-refractivity contribution in [2.45, 2.75) is 20.3 Å². The number of rotatable bonds is 3. The van der Waals surface area contributed by atoms with Crippen LogP contribution < -0.4 is 5.32 Å². The Bertz CT molecular complexity index is 141. The van der Waals surface area contributed by atoms with E-state index in [1.54, 1.807) is 27.2 Å². The summed E-state index contributed by atoms with van der Waals surface area (Å²) >= 11 is 0. The molecule has 0 aromatic rings. The highest BCUT2D eigenvalue weighted by molar-refractivity contribution is 5.80. The number of nitrogens with one attached hydrogen (secondary N) is 1. The van der Waals surface area contributed by atoms with Crippen LogP contribution in [0.15, 0.2) is 0 Å². The Morgan fingerprint density at radius 2 is 2.10 bits per heavy atom. The molecule has 0 aliphatic carbocycles. The van der Waals surface area contributed by atoms with Crippen LogP contribution in [0.1, 0.15) is 20.3 Å². The Balaban J connectivity index is 3.88. The first-order valence-electron chi connectivity index (χ1n) is 3.12. The molecule has 0 saturated carbocycles. The molecule has 0 aliphatic rings. The SMILES string of the molecule is CNC(=O)CC(C)(C)[C]=O. The first-order chi connectivity index (χ1) is 4.52. The van der Waals surface area contributed by atoms with Gasteiger partial charge in [-0.3, -0.25) is 9.59 Å². The first kappa shape index (κ1) is 9.14. The Hall–Kier alpha value is -0.860. The molecule has 0 spiro atoms. The highest BCUT2D eigenvalue weighted by Crippen LogP contribution is 2.15. The molecule has 0 atom stereocenters. The van der Waals surface area contributed by atoms with Gasteiger partial charge in [-0.15, -0.1) is 0 Å². The molecule has 57 valence electrons. The van der Waals surface area contributed by atoms with Crippen LogP contribution in [0.5, 0.6) is 0 Å². The van der Waals surface area contributed by atoms with Crippen molar-refractivity contribution >= 4 is 12.2 Å². The monoisotopic (exact) mass is 142 g/mol.